The van der Waals surface area contributed by atoms with Gasteiger partial charge in [-0.3, -0.25) is 15.1 Å². The lowest BCUT2D eigenvalue weighted by molar-refractivity contribution is -0.384. The Morgan fingerprint density at radius 3 is 2.21 bits per heavy atom. The first-order valence-electron chi connectivity index (χ1n) is 13.6. The number of thiocarbonyl (C=S) groups is 1. The van der Waals surface area contributed by atoms with E-state index in [1.165, 1.54) is 28.9 Å². The summed E-state index contributed by atoms with van der Waals surface area (Å²) < 4.78 is 2.32. The van der Waals surface area contributed by atoms with E-state index in [9.17, 15) is 10.1 Å². The second-order valence-electron chi connectivity index (χ2n) is 10.3. The van der Waals surface area contributed by atoms with Gasteiger partial charge in [0.15, 0.2) is 5.11 Å². The molecular weight excluding hydrogens is 563 g/mol. The van der Waals surface area contributed by atoms with Crippen LogP contribution in [0.15, 0.2) is 113 Å². The highest BCUT2D eigenvalue weighted by Gasteiger charge is 2.42. The summed E-state index contributed by atoms with van der Waals surface area (Å²) in [7, 11) is 0. The maximum atomic E-state index is 11.0. The summed E-state index contributed by atoms with van der Waals surface area (Å²) in [5, 5.41) is 15.2. The molecule has 3 aromatic carbocycles. The standard InChI is InChI=1S/C33H29N5O2S2/c1-21-8-4-5-10-30(21)36-22(2)20-28(23(36)3)32-31(29-9-6-7-19-34-29)35-33(41)37(32)24-11-15-26(16-12-24)42-27-17-13-25(14-18-27)38(39)40/h4-20,31-32H,1-3H3,(H,35,41)/t31-,32+/m1/s1. The van der Waals surface area contributed by atoms with Crippen LogP contribution in [0.4, 0.5) is 11.4 Å². The fourth-order valence-corrected chi connectivity index (χ4v) is 6.83. The molecular formula is C33H29N5O2S2. The molecule has 2 atom stereocenters. The number of benzene rings is 3. The molecule has 0 radical (unpaired) electrons. The third-order valence-corrected chi connectivity index (χ3v) is 8.97. The first-order valence-corrected chi connectivity index (χ1v) is 14.8. The van der Waals surface area contributed by atoms with Gasteiger partial charge in [0.25, 0.3) is 5.69 Å². The lowest BCUT2D eigenvalue weighted by Crippen LogP contribution is -2.29. The number of nitrogens with one attached hydrogen (secondary N) is 1. The first kappa shape index (κ1) is 27.7. The van der Waals surface area contributed by atoms with Gasteiger partial charge in [0.05, 0.1) is 22.7 Å². The van der Waals surface area contributed by atoms with Crippen molar-refractivity contribution in [3.8, 4) is 5.69 Å². The largest absolute Gasteiger partial charge is 0.351 e. The van der Waals surface area contributed by atoms with E-state index in [1.807, 2.05) is 24.4 Å². The van der Waals surface area contributed by atoms with Crippen LogP contribution in [0.2, 0.25) is 0 Å². The lowest BCUT2D eigenvalue weighted by Gasteiger charge is -2.28. The zero-order chi connectivity index (χ0) is 29.4. The monoisotopic (exact) mass is 591 g/mol. The second kappa shape index (κ2) is 11.4. The Balaban J connectivity index is 1.38. The van der Waals surface area contributed by atoms with Gasteiger partial charge in [-0.1, -0.05) is 36.0 Å². The Bertz CT molecular complexity index is 1770. The minimum Gasteiger partial charge on any atom is -0.351 e. The van der Waals surface area contributed by atoms with Crippen LogP contribution in [-0.2, 0) is 0 Å². The van der Waals surface area contributed by atoms with Crippen LogP contribution in [0.1, 0.15) is 40.3 Å². The number of nitro groups is 1. The molecule has 0 saturated carbocycles. The molecule has 0 unspecified atom stereocenters. The van der Waals surface area contributed by atoms with Crippen LogP contribution in [-0.4, -0.2) is 19.6 Å². The summed E-state index contributed by atoms with van der Waals surface area (Å²) >= 11 is 7.52. The van der Waals surface area contributed by atoms with Gasteiger partial charge < -0.3 is 14.8 Å². The Hall–Kier alpha value is -4.47. The van der Waals surface area contributed by atoms with Crippen LogP contribution in [0.25, 0.3) is 5.69 Å². The summed E-state index contributed by atoms with van der Waals surface area (Å²) in [6.45, 7) is 6.46. The van der Waals surface area contributed by atoms with E-state index in [0.29, 0.717) is 5.11 Å². The number of pyridine rings is 1. The van der Waals surface area contributed by atoms with Gasteiger partial charge in [-0.15, -0.1) is 0 Å². The predicted molar refractivity (Wildman–Crippen MR) is 172 cm³/mol. The maximum Gasteiger partial charge on any atom is 0.269 e. The fourth-order valence-electron chi connectivity index (χ4n) is 5.67. The third-order valence-electron chi connectivity index (χ3n) is 7.64. The van der Waals surface area contributed by atoms with E-state index in [4.69, 9.17) is 17.2 Å². The van der Waals surface area contributed by atoms with Gasteiger partial charge in [0, 0.05) is 50.9 Å². The summed E-state index contributed by atoms with van der Waals surface area (Å²) in [5.74, 6) is 0. The lowest BCUT2D eigenvalue weighted by atomic mass is 9.96. The van der Waals surface area contributed by atoms with Gasteiger partial charge in [0.2, 0.25) is 0 Å². The van der Waals surface area contributed by atoms with Crippen molar-refractivity contribution in [2.75, 3.05) is 4.90 Å². The summed E-state index contributed by atoms with van der Waals surface area (Å²) in [5.41, 5.74) is 7.87. The molecule has 0 amide bonds. The van der Waals surface area contributed by atoms with E-state index >= 15 is 0 Å². The molecule has 9 heteroatoms. The molecule has 0 spiro atoms. The Morgan fingerprint density at radius 2 is 1.57 bits per heavy atom. The molecule has 0 aliphatic carbocycles. The summed E-state index contributed by atoms with van der Waals surface area (Å²) in [6.07, 6.45) is 1.82. The SMILES string of the molecule is Cc1ccccc1-n1c(C)cc([C@H]2[C@@H](c3ccccn3)NC(=S)N2c2ccc(Sc3ccc([N+](=O)[O-])cc3)cc2)c1C. The number of nitrogens with zero attached hydrogens (tertiary/aromatic N) is 4. The summed E-state index contributed by atoms with van der Waals surface area (Å²) in [4.78, 5) is 19.5. The van der Waals surface area contributed by atoms with Crippen molar-refractivity contribution in [1.29, 1.82) is 0 Å². The average molecular weight is 592 g/mol. The molecule has 1 aliphatic heterocycles. The molecule has 42 heavy (non-hydrogen) atoms. The number of non-ortho nitro benzene ring substituents is 1. The Kier molecular flexibility index (Phi) is 7.53. The number of nitro benzene ring substituents is 1. The summed E-state index contributed by atoms with van der Waals surface area (Å²) in [6, 6.07) is 31.3. The quantitative estimate of drug-likeness (QED) is 0.117. The molecule has 1 aliphatic rings. The smallest absolute Gasteiger partial charge is 0.269 e. The van der Waals surface area contributed by atoms with E-state index in [-0.39, 0.29) is 22.7 Å². The third kappa shape index (κ3) is 5.17. The van der Waals surface area contributed by atoms with Crippen molar-refractivity contribution in [3.05, 3.63) is 142 Å². The number of anilines is 1. The number of hydrogen-bond acceptors (Lipinski definition) is 5. The van der Waals surface area contributed by atoms with Gasteiger partial charge >= 0.3 is 0 Å². The van der Waals surface area contributed by atoms with Crippen molar-refractivity contribution in [2.45, 2.75) is 42.6 Å². The van der Waals surface area contributed by atoms with E-state index < -0.39 is 0 Å². The topological polar surface area (TPSA) is 76.2 Å². The molecule has 210 valence electrons. The number of aromatic nitrogens is 2. The van der Waals surface area contributed by atoms with Crippen molar-refractivity contribution >= 4 is 40.5 Å². The number of para-hydroxylation sites is 1. The van der Waals surface area contributed by atoms with Gasteiger partial charge in [-0.05, 0) is 105 Å². The zero-order valence-electron chi connectivity index (χ0n) is 23.4. The first-order chi connectivity index (χ1) is 20.3. The van der Waals surface area contributed by atoms with Crippen LogP contribution >= 0.6 is 24.0 Å². The molecule has 1 saturated heterocycles. The maximum absolute atomic E-state index is 11.0. The van der Waals surface area contributed by atoms with Crippen molar-refractivity contribution in [3.63, 3.8) is 0 Å². The van der Waals surface area contributed by atoms with Crippen molar-refractivity contribution < 1.29 is 4.92 Å². The highest BCUT2D eigenvalue weighted by atomic mass is 32.2. The second-order valence-corrected chi connectivity index (χ2v) is 11.8. The van der Waals surface area contributed by atoms with Crippen LogP contribution in [0, 0.1) is 30.9 Å². The molecule has 0 bridgehead atoms. The van der Waals surface area contributed by atoms with Crippen LogP contribution in [0.3, 0.4) is 0 Å². The van der Waals surface area contributed by atoms with Gasteiger partial charge in [0.1, 0.15) is 0 Å². The molecule has 1 N–H and O–H groups in total. The van der Waals surface area contributed by atoms with Crippen molar-refractivity contribution in [2.24, 2.45) is 0 Å². The van der Waals surface area contributed by atoms with Gasteiger partial charge in [-0.25, -0.2) is 0 Å². The van der Waals surface area contributed by atoms with Crippen molar-refractivity contribution in [1.82, 2.24) is 14.9 Å². The number of aryl methyl sites for hydroxylation is 2. The zero-order valence-corrected chi connectivity index (χ0v) is 25.0. The molecule has 7 nitrogen and oxygen atoms in total. The fraction of sp³-hybridized carbons (Fsp3) is 0.152. The van der Waals surface area contributed by atoms with Gasteiger partial charge in [-0.2, -0.15) is 0 Å². The molecule has 2 aromatic heterocycles. The Morgan fingerprint density at radius 1 is 0.905 bits per heavy atom. The average Bonchev–Trinajstić information content (AvgIpc) is 3.49. The van der Waals surface area contributed by atoms with Crippen LogP contribution in [0.5, 0.6) is 0 Å². The highest BCUT2D eigenvalue weighted by molar-refractivity contribution is 7.99. The molecule has 6 rings (SSSR count). The highest BCUT2D eigenvalue weighted by Crippen LogP contribution is 2.44. The number of hydrogen-bond donors (Lipinski definition) is 1. The minimum atomic E-state index is -0.386. The normalized spacial score (nSPS) is 16.5. The predicted octanol–water partition coefficient (Wildman–Crippen LogP) is 8.03. The Labute approximate surface area is 254 Å². The molecule has 1 fully saturated rings. The van der Waals surface area contributed by atoms with Crippen LogP contribution < -0.4 is 10.2 Å². The minimum absolute atomic E-state index is 0.0834. The van der Waals surface area contributed by atoms with E-state index in [0.717, 1.165) is 32.6 Å². The van der Waals surface area contributed by atoms with E-state index in [1.54, 1.807) is 23.9 Å². The molecule has 5 aromatic rings. The molecule has 3 heterocycles. The number of rotatable bonds is 7. The van der Waals surface area contributed by atoms with E-state index in [2.05, 4.69) is 90.2 Å².